The number of hydrogen-bond donors (Lipinski definition) is 0. The number of nitrogens with zero attached hydrogens (tertiary/aromatic N) is 2. The van der Waals surface area contributed by atoms with E-state index in [-0.39, 0.29) is 10.6 Å². The molecule has 0 aliphatic rings. The summed E-state index contributed by atoms with van der Waals surface area (Å²) in [5, 5.41) is 4.15. The fourth-order valence-corrected chi connectivity index (χ4v) is 1.78. The standard InChI is InChI=1S/C14H15ClN2O2/c1-2-3-9-19-12-10-16-17(14(18)13(12)15)11-7-5-4-6-8-11/h4-8,10H,2-3,9H2,1H3. The molecule has 5 heteroatoms. The Labute approximate surface area is 116 Å². The van der Waals surface area contributed by atoms with Gasteiger partial charge < -0.3 is 4.74 Å². The number of para-hydroxylation sites is 1. The first kappa shape index (κ1) is 13.6. The van der Waals surface area contributed by atoms with E-state index in [1.54, 1.807) is 12.1 Å². The molecule has 0 amide bonds. The highest BCUT2D eigenvalue weighted by Crippen LogP contribution is 2.19. The number of unbranched alkanes of at least 4 members (excludes halogenated alkanes) is 1. The van der Waals surface area contributed by atoms with Gasteiger partial charge in [-0.15, -0.1) is 0 Å². The molecular weight excluding hydrogens is 264 g/mol. The number of halogens is 1. The SMILES string of the molecule is CCCCOc1cnn(-c2ccccc2)c(=O)c1Cl. The highest BCUT2D eigenvalue weighted by atomic mass is 35.5. The molecule has 0 saturated heterocycles. The van der Waals surface area contributed by atoms with Crippen molar-refractivity contribution in [2.45, 2.75) is 19.8 Å². The fourth-order valence-electron chi connectivity index (χ4n) is 1.60. The summed E-state index contributed by atoms with van der Waals surface area (Å²) in [6, 6.07) is 9.13. The van der Waals surface area contributed by atoms with Crippen LogP contribution in [0, 0.1) is 0 Å². The zero-order chi connectivity index (χ0) is 13.7. The van der Waals surface area contributed by atoms with E-state index in [1.807, 2.05) is 18.2 Å². The Balaban J connectivity index is 2.30. The van der Waals surface area contributed by atoms with Gasteiger partial charge in [-0.2, -0.15) is 9.78 Å². The molecule has 1 aromatic heterocycles. The monoisotopic (exact) mass is 278 g/mol. The van der Waals surface area contributed by atoms with Crippen molar-refractivity contribution in [3.05, 3.63) is 51.9 Å². The van der Waals surface area contributed by atoms with Crippen molar-refractivity contribution >= 4 is 11.6 Å². The minimum atomic E-state index is -0.373. The largest absolute Gasteiger partial charge is 0.490 e. The average Bonchev–Trinajstić information content (AvgIpc) is 2.45. The number of hydrogen-bond acceptors (Lipinski definition) is 3. The van der Waals surface area contributed by atoms with Gasteiger partial charge in [0.25, 0.3) is 5.56 Å². The van der Waals surface area contributed by atoms with Crippen LogP contribution >= 0.6 is 11.6 Å². The van der Waals surface area contributed by atoms with Gasteiger partial charge in [0.1, 0.15) is 0 Å². The summed E-state index contributed by atoms with van der Waals surface area (Å²) in [5.41, 5.74) is 0.302. The summed E-state index contributed by atoms with van der Waals surface area (Å²) in [7, 11) is 0. The molecule has 19 heavy (non-hydrogen) atoms. The molecule has 4 nitrogen and oxygen atoms in total. The van der Waals surface area contributed by atoms with Crippen molar-refractivity contribution in [1.29, 1.82) is 0 Å². The quantitative estimate of drug-likeness (QED) is 0.790. The molecule has 2 aromatic rings. The molecule has 0 spiro atoms. The van der Waals surface area contributed by atoms with Crippen LogP contribution in [0.2, 0.25) is 5.02 Å². The summed E-state index contributed by atoms with van der Waals surface area (Å²) >= 11 is 6.03. The maximum atomic E-state index is 12.1. The maximum Gasteiger partial charge on any atom is 0.294 e. The minimum Gasteiger partial charge on any atom is -0.490 e. The third-order valence-corrected chi connectivity index (χ3v) is 2.99. The molecule has 100 valence electrons. The Morgan fingerprint density at radius 3 is 2.74 bits per heavy atom. The number of aromatic nitrogens is 2. The van der Waals surface area contributed by atoms with Crippen LogP contribution in [0.15, 0.2) is 41.3 Å². The molecule has 1 heterocycles. The van der Waals surface area contributed by atoms with Crippen molar-refractivity contribution in [3.8, 4) is 11.4 Å². The second kappa shape index (κ2) is 6.38. The third-order valence-electron chi connectivity index (χ3n) is 2.64. The lowest BCUT2D eigenvalue weighted by atomic mass is 10.3. The molecule has 0 saturated carbocycles. The van der Waals surface area contributed by atoms with Crippen LogP contribution < -0.4 is 10.3 Å². The third kappa shape index (κ3) is 3.15. The first-order valence-corrected chi connectivity index (χ1v) is 6.58. The Bertz CT molecular complexity index is 596. The Hall–Kier alpha value is -1.81. The average molecular weight is 279 g/mol. The van der Waals surface area contributed by atoms with E-state index in [0.29, 0.717) is 18.0 Å². The van der Waals surface area contributed by atoms with E-state index in [2.05, 4.69) is 12.0 Å². The topological polar surface area (TPSA) is 44.1 Å². The van der Waals surface area contributed by atoms with E-state index >= 15 is 0 Å². The maximum absolute atomic E-state index is 12.1. The second-order valence-electron chi connectivity index (χ2n) is 4.08. The Morgan fingerprint density at radius 2 is 2.05 bits per heavy atom. The fraction of sp³-hybridized carbons (Fsp3) is 0.286. The molecule has 0 bridgehead atoms. The summed E-state index contributed by atoms with van der Waals surface area (Å²) in [4.78, 5) is 12.1. The summed E-state index contributed by atoms with van der Waals surface area (Å²) < 4.78 is 6.70. The highest BCUT2D eigenvalue weighted by molar-refractivity contribution is 6.31. The molecule has 0 atom stereocenters. The van der Waals surface area contributed by atoms with Gasteiger partial charge in [-0.05, 0) is 18.6 Å². The zero-order valence-corrected chi connectivity index (χ0v) is 11.4. The molecular formula is C14H15ClN2O2. The van der Waals surface area contributed by atoms with Crippen molar-refractivity contribution in [2.75, 3.05) is 6.61 Å². The van der Waals surface area contributed by atoms with Gasteiger partial charge in [0.15, 0.2) is 10.8 Å². The number of ether oxygens (including phenoxy) is 1. The Kier molecular flexibility index (Phi) is 4.58. The van der Waals surface area contributed by atoms with Gasteiger partial charge in [0, 0.05) is 0 Å². The first-order chi connectivity index (χ1) is 9.24. The lowest BCUT2D eigenvalue weighted by Gasteiger charge is -2.09. The van der Waals surface area contributed by atoms with Crippen LogP contribution in [0.3, 0.4) is 0 Å². The molecule has 0 aliphatic carbocycles. The van der Waals surface area contributed by atoms with Crippen LogP contribution in [-0.4, -0.2) is 16.4 Å². The smallest absolute Gasteiger partial charge is 0.294 e. The molecule has 0 aliphatic heterocycles. The highest BCUT2D eigenvalue weighted by Gasteiger charge is 2.11. The normalized spacial score (nSPS) is 10.4. The van der Waals surface area contributed by atoms with Crippen LogP contribution in [-0.2, 0) is 0 Å². The van der Waals surface area contributed by atoms with Crippen molar-refractivity contribution in [3.63, 3.8) is 0 Å². The number of rotatable bonds is 5. The lowest BCUT2D eigenvalue weighted by molar-refractivity contribution is 0.306. The summed E-state index contributed by atoms with van der Waals surface area (Å²) in [5.74, 6) is 0.340. The number of benzene rings is 1. The second-order valence-corrected chi connectivity index (χ2v) is 4.46. The van der Waals surface area contributed by atoms with E-state index in [0.717, 1.165) is 12.8 Å². The molecule has 2 rings (SSSR count). The van der Waals surface area contributed by atoms with Gasteiger partial charge in [0.05, 0.1) is 18.5 Å². The van der Waals surface area contributed by atoms with E-state index in [1.165, 1.54) is 10.9 Å². The van der Waals surface area contributed by atoms with Crippen molar-refractivity contribution in [2.24, 2.45) is 0 Å². The molecule has 1 aromatic carbocycles. The van der Waals surface area contributed by atoms with E-state index in [4.69, 9.17) is 16.3 Å². The van der Waals surface area contributed by atoms with Gasteiger partial charge in [0.2, 0.25) is 0 Å². The van der Waals surface area contributed by atoms with Gasteiger partial charge in [-0.25, -0.2) is 0 Å². The predicted molar refractivity (Wildman–Crippen MR) is 75.2 cm³/mol. The molecule has 0 N–H and O–H groups in total. The van der Waals surface area contributed by atoms with Crippen LogP contribution in [0.1, 0.15) is 19.8 Å². The lowest BCUT2D eigenvalue weighted by Crippen LogP contribution is -2.22. The first-order valence-electron chi connectivity index (χ1n) is 6.20. The van der Waals surface area contributed by atoms with Crippen LogP contribution in [0.25, 0.3) is 5.69 Å². The van der Waals surface area contributed by atoms with E-state index < -0.39 is 0 Å². The summed E-state index contributed by atoms with van der Waals surface area (Å²) in [6.45, 7) is 2.60. The van der Waals surface area contributed by atoms with Gasteiger partial charge in [-0.3, -0.25) is 4.79 Å². The molecule has 0 fully saturated rings. The van der Waals surface area contributed by atoms with Crippen molar-refractivity contribution in [1.82, 2.24) is 9.78 Å². The van der Waals surface area contributed by atoms with E-state index in [9.17, 15) is 4.79 Å². The van der Waals surface area contributed by atoms with Crippen LogP contribution in [0.5, 0.6) is 5.75 Å². The minimum absolute atomic E-state index is 0.0648. The van der Waals surface area contributed by atoms with Crippen LogP contribution in [0.4, 0.5) is 0 Å². The van der Waals surface area contributed by atoms with Gasteiger partial charge >= 0.3 is 0 Å². The Morgan fingerprint density at radius 1 is 1.32 bits per heavy atom. The molecule has 0 unspecified atom stereocenters. The summed E-state index contributed by atoms with van der Waals surface area (Å²) in [6.07, 6.45) is 3.41. The molecule has 0 radical (unpaired) electrons. The predicted octanol–water partition coefficient (Wildman–Crippen LogP) is 3.06. The van der Waals surface area contributed by atoms with Gasteiger partial charge in [-0.1, -0.05) is 43.1 Å². The van der Waals surface area contributed by atoms with Crippen molar-refractivity contribution < 1.29 is 4.74 Å². The zero-order valence-electron chi connectivity index (χ0n) is 10.7.